The van der Waals surface area contributed by atoms with Gasteiger partial charge in [-0.25, -0.2) is 0 Å². The highest BCUT2D eigenvalue weighted by atomic mass is 32.2. The Morgan fingerprint density at radius 2 is 2.14 bits per heavy atom. The minimum atomic E-state index is 0.135. The zero-order chi connectivity index (χ0) is 10.4. The number of hydrogen-bond donors (Lipinski definition) is 1. The molecule has 1 N–H and O–H groups in total. The van der Waals surface area contributed by atoms with Crippen LogP contribution in [0.4, 0.5) is 0 Å². The number of nitrogens with zero attached hydrogens (tertiary/aromatic N) is 1. The molecule has 1 fully saturated rings. The molecule has 0 spiro atoms. The summed E-state index contributed by atoms with van der Waals surface area (Å²) >= 11 is 1.99. The van der Waals surface area contributed by atoms with E-state index in [0.29, 0.717) is 4.75 Å². The lowest BCUT2D eigenvalue weighted by Crippen LogP contribution is -2.36. The molecule has 1 unspecified atom stereocenters. The summed E-state index contributed by atoms with van der Waals surface area (Å²) < 4.78 is 0.467. The van der Waals surface area contributed by atoms with Crippen LogP contribution >= 0.6 is 11.8 Å². The fraction of sp³-hybridized carbons (Fsp3) is 0.909. The number of nitrogens with one attached hydrogen (secondary N) is 1. The molecule has 1 saturated carbocycles. The van der Waals surface area contributed by atoms with Crippen LogP contribution in [0.15, 0.2) is 0 Å². The van der Waals surface area contributed by atoms with Gasteiger partial charge in [-0.3, -0.25) is 0 Å². The van der Waals surface area contributed by atoms with Gasteiger partial charge in [0.15, 0.2) is 0 Å². The molecule has 0 bridgehead atoms. The highest BCUT2D eigenvalue weighted by Crippen LogP contribution is 2.39. The zero-order valence-electron chi connectivity index (χ0n) is 9.18. The van der Waals surface area contributed by atoms with E-state index in [1.165, 1.54) is 25.7 Å². The monoisotopic (exact) mass is 212 g/mol. The van der Waals surface area contributed by atoms with Gasteiger partial charge in [0, 0.05) is 17.8 Å². The summed E-state index contributed by atoms with van der Waals surface area (Å²) in [4.78, 5) is 0. The van der Waals surface area contributed by atoms with E-state index in [0.717, 1.165) is 13.1 Å². The maximum atomic E-state index is 8.65. The van der Waals surface area contributed by atoms with Crippen molar-refractivity contribution in [1.29, 1.82) is 5.26 Å². The van der Waals surface area contributed by atoms with Crippen molar-refractivity contribution in [3.63, 3.8) is 0 Å². The van der Waals surface area contributed by atoms with Gasteiger partial charge in [-0.05, 0) is 26.0 Å². The van der Waals surface area contributed by atoms with Crippen molar-refractivity contribution in [2.75, 3.05) is 19.3 Å². The molecule has 0 heterocycles. The second kappa shape index (κ2) is 5.63. The second-order valence-electron chi connectivity index (χ2n) is 4.26. The molecule has 0 aromatic carbocycles. The molecule has 0 saturated heterocycles. The first-order valence-corrected chi connectivity index (χ1v) is 6.60. The van der Waals surface area contributed by atoms with Crippen molar-refractivity contribution in [3.05, 3.63) is 0 Å². The van der Waals surface area contributed by atoms with Gasteiger partial charge in [0.25, 0.3) is 0 Å². The van der Waals surface area contributed by atoms with Crippen LogP contribution in [0.1, 0.15) is 32.6 Å². The van der Waals surface area contributed by atoms with E-state index in [-0.39, 0.29) is 5.92 Å². The summed E-state index contributed by atoms with van der Waals surface area (Å²) in [7, 11) is 0. The minimum absolute atomic E-state index is 0.135. The van der Waals surface area contributed by atoms with Crippen LogP contribution in [0.25, 0.3) is 0 Å². The Morgan fingerprint density at radius 3 is 2.64 bits per heavy atom. The van der Waals surface area contributed by atoms with Crippen LogP contribution in [0.5, 0.6) is 0 Å². The molecule has 0 aliphatic heterocycles. The Hall–Kier alpha value is -0.200. The quantitative estimate of drug-likeness (QED) is 0.760. The maximum Gasteiger partial charge on any atom is 0.0666 e. The fourth-order valence-electron chi connectivity index (χ4n) is 2.03. The molecule has 0 radical (unpaired) electrons. The topological polar surface area (TPSA) is 35.8 Å². The molecular formula is C11H20N2S. The molecule has 80 valence electrons. The van der Waals surface area contributed by atoms with E-state index in [1.807, 2.05) is 18.7 Å². The largest absolute Gasteiger partial charge is 0.314 e. The van der Waals surface area contributed by atoms with E-state index < -0.39 is 0 Å². The zero-order valence-corrected chi connectivity index (χ0v) is 9.99. The van der Waals surface area contributed by atoms with Crippen LogP contribution in [-0.2, 0) is 0 Å². The van der Waals surface area contributed by atoms with Crippen LogP contribution < -0.4 is 5.32 Å². The highest BCUT2D eigenvalue weighted by Gasteiger charge is 2.32. The van der Waals surface area contributed by atoms with Crippen molar-refractivity contribution in [3.8, 4) is 6.07 Å². The summed E-state index contributed by atoms with van der Waals surface area (Å²) in [6.07, 6.45) is 7.62. The average molecular weight is 212 g/mol. The lowest BCUT2D eigenvalue weighted by Gasteiger charge is -2.27. The second-order valence-corrected chi connectivity index (χ2v) is 5.53. The summed E-state index contributed by atoms with van der Waals surface area (Å²) in [6, 6.07) is 2.25. The van der Waals surface area contributed by atoms with Gasteiger partial charge in [0.1, 0.15) is 0 Å². The standard InChI is InChI=1S/C11H20N2S/c1-10(7-12)8-13-9-11(14-2)5-3-4-6-11/h10,13H,3-6,8-9H2,1-2H3. The molecule has 0 amide bonds. The lowest BCUT2D eigenvalue weighted by atomic mass is 10.1. The van der Waals surface area contributed by atoms with E-state index in [4.69, 9.17) is 5.26 Å². The molecule has 1 aliphatic carbocycles. The van der Waals surface area contributed by atoms with E-state index in [2.05, 4.69) is 17.6 Å². The maximum absolute atomic E-state index is 8.65. The van der Waals surface area contributed by atoms with Crippen LogP contribution in [-0.4, -0.2) is 24.1 Å². The van der Waals surface area contributed by atoms with Gasteiger partial charge in [0.05, 0.1) is 12.0 Å². The predicted octanol–water partition coefficient (Wildman–Crippen LogP) is 2.41. The Labute approximate surface area is 91.4 Å². The molecular weight excluding hydrogens is 192 g/mol. The first-order chi connectivity index (χ1) is 6.72. The summed E-state index contributed by atoms with van der Waals surface area (Å²) in [5.74, 6) is 0.135. The fourth-order valence-corrected chi connectivity index (χ4v) is 2.98. The highest BCUT2D eigenvalue weighted by molar-refractivity contribution is 8.00. The van der Waals surface area contributed by atoms with E-state index in [9.17, 15) is 0 Å². The molecule has 1 atom stereocenters. The third-order valence-electron chi connectivity index (χ3n) is 3.07. The molecule has 0 aromatic heterocycles. The van der Waals surface area contributed by atoms with Gasteiger partial charge in [-0.2, -0.15) is 17.0 Å². The molecule has 1 rings (SSSR count). The summed E-state index contributed by atoms with van der Waals surface area (Å²) in [6.45, 7) is 3.87. The Kier molecular flexibility index (Phi) is 4.77. The normalized spacial score (nSPS) is 21.8. The molecule has 2 nitrogen and oxygen atoms in total. The van der Waals surface area contributed by atoms with E-state index >= 15 is 0 Å². The van der Waals surface area contributed by atoms with Crippen molar-refractivity contribution >= 4 is 11.8 Å². The van der Waals surface area contributed by atoms with Crippen molar-refractivity contribution in [2.45, 2.75) is 37.4 Å². The van der Waals surface area contributed by atoms with Crippen LogP contribution in [0, 0.1) is 17.2 Å². The third-order valence-corrected chi connectivity index (χ3v) is 4.48. The molecule has 3 heteroatoms. The summed E-state index contributed by atoms with van der Waals surface area (Å²) in [5.41, 5.74) is 0. The van der Waals surface area contributed by atoms with E-state index in [1.54, 1.807) is 0 Å². The predicted molar refractivity (Wildman–Crippen MR) is 62.4 cm³/mol. The summed E-state index contributed by atoms with van der Waals surface area (Å²) in [5, 5.41) is 12.1. The smallest absolute Gasteiger partial charge is 0.0666 e. The third kappa shape index (κ3) is 3.18. The average Bonchev–Trinajstić information content (AvgIpc) is 2.67. The number of rotatable bonds is 5. The van der Waals surface area contributed by atoms with Crippen LogP contribution in [0.3, 0.4) is 0 Å². The molecule has 14 heavy (non-hydrogen) atoms. The SMILES string of the molecule is CSC1(CNCC(C)C#N)CCCC1. The van der Waals surface area contributed by atoms with Gasteiger partial charge in [-0.1, -0.05) is 12.8 Å². The first-order valence-electron chi connectivity index (χ1n) is 5.38. The number of thioether (sulfide) groups is 1. The first kappa shape index (κ1) is 11.9. The number of hydrogen-bond acceptors (Lipinski definition) is 3. The van der Waals surface area contributed by atoms with Crippen LogP contribution in [0.2, 0.25) is 0 Å². The Balaban J connectivity index is 2.25. The van der Waals surface area contributed by atoms with Crippen molar-refractivity contribution < 1.29 is 0 Å². The molecule has 0 aromatic rings. The lowest BCUT2D eigenvalue weighted by molar-refractivity contribution is 0.510. The number of nitriles is 1. The van der Waals surface area contributed by atoms with Gasteiger partial charge in [0.2, 0.25) is 0 Å². The van der Waals surface area contributed by atoms with Gasteiger partial charge in [-0.15, -0.1) is 0 Å². The van der Waals surface area contributed by atoms with Gasteiger partial charge >= 0.3 is 0 Å². The Morgan fingerprint density at radius 1 is 1.50 bits per heavy atom. The minimum Gasteiger partial charge on any atom is -0.314 e. The van der Waals surface area contributed by atoms with Gasteiger partial charge < -0.3 is 5.32 Å². The molecule has 1 aliphatic rings. The Bertz CT molecular complexity index is 204. The van der Waals surface area contributed by atoms with Crippen molar-refractivity contribution in [1.82, 2.24) is 5.32 Å². The van der Waals surface area contributed by atoms with Crippen molar-refractivity contribution in [2.24, 2.45) is 5.92 Å².